The van der Waals surface area contributed by atoms with Gasteiger partial charge in [-0.1, -0.05) is 31.2 Å². The lowest BCUT2D eigenvalue weighted by Gasteiger charge is -2.16. The molecule has 0 aliphatic rings. The highest BCUT2D eigenvalue weighted by atomic mass is 19.1. The lowest BCUT2D eigenvalue weighted by Crippen LogP contribution is -2.13. The van der Waals surface area contributed by atoms with Crippen molar-refractivity contribution in [1.82, 2.24) is 0 Å². The van der Waals surface area contributed by atoms with Crippen molar-refractivity contribution in [2.45, 2.75) is 19.3 Å². The quantitative estimate of drug-likeness (QED) is 0.738. The zero-order valence-corrected chi connectivity index (χ0v) is 12.0. The van der Waals surface area contributed by atoms with Gasteiger partial charge in [-0.05, 0) is 36.2 Å². The van der Waals surface area contributed by atoms with Gasteiger partial charge in [-0.3, -0.25) is 0 Å². The van der Waals surface area contributed by atoms with Crippen LogP contribution >= 0.6 is 0 Å². The second kappa shape index (κ2) is 5.64. The maximum absolute atomic E-state index is 13.1. The van der Waals surface area contributed by atoms with E-state index < -0.39 is 5.63 Å². The Bertz CT molecular complexity index is 866. The molecule has 0 saturated carbocycles. The molecule has 0 radical (unpaired) electrons. The number of aromatic hydroxyl groups is 1. The Labute approximate surface area is 126 Å². The van der Waals surface area contributed by atoms with E-state index in [0.717, 1.165) is 5.56 Å². The largest absolute Gasteiger partial charge is 0.507 e. The van der Waals surface area contributed by atoms with E-state index in [1.165, 1.54) is 12.1 Å². The third kappa shape index (κ3) is 2.37. The van der Waals surface area contributed by atoms with Gasteiger partial charge in [0.2, 0.25) is 0 Å². The summed E-state index contributed by atoms with van der Waals surface area (Å²) in [6.07, 6.45) is 0.586. The summed E-state index contributed by atoms with van der Waals surface area (Å²) in [6, 6.07) is 12.8. The normalized spacial score (nSPS) is 12.5. The molecule has 1 atom stereocenters. The van der Waals surface area contributed by atoms with E-state index in [0.29, 0.717) is 17.4 Å². The summed E-state index contributed by atoms with van der Waals surface area (Å²) in [4.78, 5) is 12.3. The predicted octanol–water partition coefficient (Wildman–Crippen LogP) is 4.18. The molecule has 0 amide bonds. The predicted molar refractivity (Wildman–Crippen MR) is 82.7 cm³/mol. The molecule has 3 rings (SSSR count). The summed E-state index contributed by atoms with van der Waals surface area (Å²) in [5, 5.41) is 11.0. The molecule has 1 N–H and O–H groups in total. The molecule has 0 unspecified atom stereocenters. The van der Waals surface area contributed by atoms with Gasteiger partial charge in [0, 0.05) is 5.92 Å². The van der Waals surface area contributed by atoms with Gasteiger partial charge in [-0.15, -0.1) is 0 Å². The van der Waals surface area contributed by atoms with Crippen LogP contribution in [0.25, 0.3) is 11.0 Å². The molecular weight excluding hydrogens is 283 g/mol. The molecule has 112 valence electrons. The molecule has 0 bridgehead atoms. The number of halogens is 1. The fourth-order valence-corrected chi connectivity index (χ4v) is 2.76. The highest BCUT2D eigenvalue weighted by molar-refractivity contribution is 5.84. The van der Waals surface area contributed by atoms with Crippen LogP contribution in [0.5, 0.6) is 5.75 Å². The molecular formula is C18H15FO3. The Morgan fingerprint density at radius 3 is 2.50 bits per heavy atom. The topological polar surface area (TPSA) is 50.4 Å². The first-order chi connectivity index (χ1) is 10.6. The van der Waals surface area contributed by atoms with Crippen molar-refractivity contribution in [2.75, 3.05) is 0 Å². The first-order valence-electron chi connectivity index (χ1n) is 7.12. The maximum Gasteiger partial charge on any atom is 0.343 e. The van der Waals surface area contributed by atoms with Crippen molar-refractivity contribution in [3.05, 3.63) is 75.9 Å². The van der Waals surface area contributed by atoms with Crippen LogP contribution in [0.1, 0.15) is 30.4 Å². The van der Waals surface area contributed by atoms with Crippen molar-refractivity contribution >= 4 is 11.0 Å². The van der Waals surface area contributed by atoms with E-state index in [-0.39, 0.29) is 23.0 Å². The summed E-state index contributed by atoms with van der Waals surface area (Å²) in [6.45, 7) is 1.90. The minimum atomic E-state index is -0.563. The Kier molecular flexibility index (Phi) is 3.67. The van der Waals surface area contributed by atoms with Crippen LogP contribution in [0.15, 0.2) is 57.7 Å². The van der Waals surface area contributed by atoms with Crippen LogP contribution in [-0.4, -0.2) is 5.11 Å². The van der Waals surface area contributed by atoms with Gasteiger partial charge in [0.1, 0.15) is 17.1 Å². The van der Waals surface area contributed by atoms with Crippen LogP contribution < -0.4 is 5.63 Å². The van der Waals surface area contributed by atoms with Crippen LogP contribution in [0.3, 0.4) is 0 Å². The van der Waals surface area contributed by atoms with Crippen LogP contribution in [-0.2, 0) is 0 Å². The van der Waals surface area contributed by atoms with Gasteiger partial charge >= 0.3 is 5.63 Å². The number of benzene rings is 2. The molecule has 0 aliphatic heterocycles. The van der Waals surface area contributed by atoms with Crippen molar-refractivity contribution < 1.29 is 13.9 Å². The highest BCUT2D eigenvalue weighted by Crippen LogP contribution is 2.35. The summed E-state index contributed by atoms with van der Waals surface area (Å²) in [5.41, 5.74) is 0.768. The molecule has 2 aromatic carbocycles. The summed E-state index contributed by atoms with van der Waals surface area (Å²) in [7, 11) is 0. The molecule has 0 aliphatic carbocycles. The molecule has 3 nitrogen and oxygen atoms in total. The fourth-order valence-electron chi connectivity index (χ4n) is 2.76. The number of hydrogen-bond donors (Lipinski definition) is 1. The summed E-state index contributed by atoms with van der Waals surface area (Å²) >= 11 is 0. The highest BCUT2D eigenvalue weighted by Gasteiger charge is 2.23. The van der Waals surface area contributed by atoms with Crippen LogP contribution in [0, 0.1) is 5.82 Å². The molecule has 0 fully saturated rings. The zero-order valence-electron chi connectivity index (χ0n) is 12.0. The number of para-hydroxylation sites is 1. The number of fused-ring (bicyclic) bond motifs is 1. The maximum atomic E-state index is 13.1. The molecule has 0 spiro atoms. The van der Waals surface area contributed by atoms with Crippen LogP contribution in [0.2, 0.25) is 0 Å². The van der Waals surface area contributed by atoms with Gasteiger partial charge in [-0.2, -0.15) is 0 Å². The van der Waals surface area contributed by atoms with E-state index in [9.17, 15) is 14.3 Å². The van der Waals surface area contributed by atoms with Crippen molar-refractivity contribution in [3.63, 3.8) is 0 Å². The average Bonchev–Trinajstić information content (AvgIpc) is 2.52. The molecule has 0 saturated heterocycles. The molecule has 22 heavy (non-hydrogen) atoms. The van der Waals surface area contributed by atoms with Gasteiger partial charge < -0.3 is 9.52 Å². The third-order valence-electron chi connectivity index (χ3n) is 3.85. The van der Waals surface area contributed by atoms with E-state index in [4.69, 9.17) is 4.42 Å². The number of rotatable bonds is 3. The fraction of sp³-hybridized carbons (Fsp3) is 0.167. The minimum absolute atomic E-state index is 0.0666. The first kappa shape index (κ1) is 14.3. The Balaban J connectivity index is 2.23. The van der Waals surface area contributed by atoms with Gasteiger partial charge in [0.15, 0.2) is 0 Å². The van der Waals surface area contributed by atoms with Crippen molar-refractivity contribution in [3.8, 4) is 5.75 Å². The number of hydrogen-bond acceptors (Lipinski definition) is 3. The minimum Gasteiger partial charge on any atom is -0.507 e. The second-order valence-electron chi connectivity index (χ2n) is 5.16. The Morgan fingerprint density at radius 1 is 1.14 bits per heavy atom. The van der Waals surface area contributed by atoms with Crippen molar-refractivity contribution in [2.24, 2.45) is 0 Å². The Morgan fingerprint density at radius 2 is 1.82 bits per heavy atom. The van der Waals surface area contributed by atoms with Crippen molar-refractivity contribution in [1.29, 1.82) is 0 Å². The van der Waals surface area contributed by atoms with Crippen LogP contribution in [0.4, 0.5) is 4.39 Å². The average molecular weight is 298 g/mol. The summed E-state index contributed by atoms with van der Waals surface area (Å²) in [5.74, 6) is -0.752. The monoisotopic (exact) mass is 298 g/mol. The lowest BCUT2D eigenvalue weighted by molar-refractivity contribution is 0.450. The Hall–Kier alpha value is -2.62. The molecule has 1 heterocycles. The summed E-state index contributed by atoms with van der Waals surface area (Å²) < 4.78 is 18.4. The van der Waals surface area contributed by atoms with Gasteiger partial charge in [-0.25, -0.2) is 9.18 Å². The van der Waals surface area contributed by atoms with E-state index in [2.05, 4.69) is 0 Å². The SMILES string of the molecule is CC[C@@H](c1ccc(F)cc1)c1c(O)c2ccccc2oc1=O. The van der Waals surface area contributed by atoms with E-state index in [1.54, 1.807) is 36.4 Å². The zero-order chi connectivity index (χ0) is 15.7. The molecule has 4 heteroatoms. The van der Waals surface area contributed by atoms with Gasteiger partial charge in [0.05, 0.1) is 10.9 Å². The smallest absolute Gasteiger partial charge is 0.343 e. The molecule has 3 aromatic rings. The standard InChI is InChI=1S/C18H15FO3/c1-2-13(11-7-9-12(19)10-8-11)16-17(20)14-5-3-4-6-15(14)22-18(16)21/h3-10,13,20H,2H2,1H3/t13-/m0/s1. The van der Waals surface area contributed by atoms with E-state index in [1.807, 2.05) is 6.92 Å². The lowest BCUT2D eigenvalue weighted by atomic mass is 9.89. The first-order valence-corrected chi connectivity index (χ1v) is 7.12. The van der Waals surface area contributed by atoms with E-state index >= 15 is 0 Å². The molecule has 1 aromatic heterocycles. The second-order valence-corrected chi connectivity index (χ2v) is 5.16. The third-order valence-corrected chi connectivity index (χ3v) is 3.85. The van der Waals surface area contributed by atoms with Gasteiger partial charge in [0.25, 0.3) is 0 Å².